The van der Waals surface area contributed by atoms with Crippen molar-refractivity contribution in [3.05, 3.63) is 0 Å². The number of rotatable bonds is 3. The zero-order chi connectivity index (χ0) is 13.4. The molecule has 2 bridgehead atoms. The Morgan fingerprint density at radius 1 is 1.32 bits per heavy atom. The first-order valence-corrected chi connectivity index (χ1v) is 7.79. The van der Waals surface area contributed by atoms with Crippen LogP contribution in [0, 0.1) is 23.2 Å². The van der Waals surface area contributed by atoms with E-state index in [1.807, 2.05) is 0 Å². The molecule has 19 heavy (non-hydrogen) atoms. The Hall–Kier alpha value is -0.0951. The Bertz CT molecular complexity index is 401. The second-order valence-corrected chi connectivity index (χ2v) is 7.85. The molecule has 0 unspecified atom stereocenters. The van der Waals surface area contributed by atoms with E-state index in [1.54, 1.807) is 0 Å². The highest BCUT2D eigenvalue weighted by Gasteiger charge is 2.69. The zero-order valence-electron chi connectivity index (χ0n) is 12.0. The van der Waals surface area contributed by atoms with Crippen LogP contribution in [-0.4, -0.2) is 24.9 Å². The zero-order valence-corrected chi connectivity index (χ0v) is 12.0. The van der Waals surface area contributed by atoms with Gasteiger partial charge in [-0.2, -0.15) is 0 Å². The average Bonchev–Trinajstić information content (AvgIpc) is 3.06. The minimum Gasteiger partial charge on any atom is -0.403 e. The van der Waals surface area contributed by atoms with Gasteiger partial charge in [-0.05, 0) is 36.5 Å². The summed E-state index contributed by atoms with van der Waals surface area (Å²) in [6.07, 6.45) is 5.93. The summed E-state index contributed by atoms with van der Waals surface area (Å²) in [5, 5.41) is 0. The second kappa shape index (κ2) is 3.76. The fourth-order valence-corrected chi connectivity index (χ4v) is 4.60. The molecule has 0 spiro atoms. The summed E-state index contributed by atoms with van der Waals surface area (Å²) in [5.41, 5.74) is 12.5. The van der Waals surface area contributed by atoms with Crippen LogP contribution in [0.2, 0.25) is 0 Å². The molecule has 4 aliphatic carbocycles. The van der Waals surface area contributed by atoms with Crippen LogP contribution in [-0.2, 0) is 9.31 Å². The molecule has 0 aromatic heterocycles. The molecule has 5 fully saturated rings. The van der Waals surface area contributed by atoms with Crippen molar-refractivity contribution in [3.8, 4) is 0 Å². The van der Waals surface area contributed by atoms with E-state index in [-0.39, 0.29) is 19.2 Å². The predicted octanol–water partition coefficient (Wildman–Crippen LogP) is 1.28. The molecule has 4 saturated carbocycles. The Labute approximate surface area is 115 Å². The largest absolute Gasteiger partial charge is 0.476 e. The monoisotopic (exact) mass is 264 g/mol. The summed E-state index contributed by atoms with van der Waals surface area (Å²) in [4.78, 5) is 0. The topological polar surface area (TPSA) is 70.5 Å². The Morgan fingerprint density at radius 2 is 2.05 bits per heavy atom. The molecule has 0 radical (unpaired) electrons. The smallest absolute Gasteiger partial charge is 0.403 e. The van der Waals surface area contributed by atoms with E-state index in [4.69, 9.17) is 20.8 Å². The Kier molecular flexibility index (Phi) is 2.50. The first-order chi connectivity index (χ1) is 8.91. The van der Waals surface area contributed by atoms with Crippen LogP contribution in [0.25, 0.3) is 0 Å². The van der Waals surface area contributed by atoms with E-state index in [9.17, 15) is 0 Å². The molecule has 4 N–H and O–H groups in total. The highest BCUT2D eigenvalue weighted by atomic mass is 16.7. The molecule has 1 saturated heterocycles. The van der Waals surface area contributed by atoms with Crippen LogP contribution in [0.3, 0.4) is 0 Å². The van der Waals surface area contributed by atoms with Gasteiger partial charge >= 0.3 is 7.12 Å². The van der Waals surface area contributed by atoms with Crippen molar-refractivity contribution in [2.45, 2.75) is 63.7 Å². The lowest BCUT2D eigenvalue weighted by Crippen LogP contribution is -2.70. The van der Waals surface area contributed by atoms with Crippen molar-refractivity contribution in [1.29, 1.82) is 0 Å². The van der Waals surface area contributed by atoms with E-state index in [2.05, 4.69) is 13.8 Å². The first kappa shape index (κ1) is 12.6. The summed E-state index contributed by atoms with van der Waals surface area (Å²) in [5.74, 6) is 1.94. The lowest BCUT2D eigenvalue weighted by atomic mass is 9.45. The molecule has 0 aromatic rings. The van der Waals surface area contributed by atoms with E-state index < -0.39 is 5.72 Å². The van der Waals surface area contributed by atoms with E-state index in [0.717, 1.165) is 24.7 Å². The van der Waals surface area contributed by atoms with Gasteiger partial charge in [-0.3, -0.25) is 0 Å². The molecule has 1 heterocycles. The molecule has 5 aliphatic rings. The molecule has 106 valence electrons. The molecule has 5 atom stereocenters. The lowest BCUT2D eigenvalue weighted by Gasteiger charge is -2.64. The van der Waals surface area contributed by atoms with Gasteiger partial charge in [-0.15, -0.1) is 0 Å². The minimum absolute atomic E-state index is 0.0150. The molecule has 4 nitrogen and oxygen atoms in total. The Morgan fingerprint density at radius 3 is 2.68 bits per heavy atom. The maximum Gasteiger partial charge on any atom is 0.476 e. The fraction of sp³-hybridized carbons (Fsp3) is 1.00. The minimum atomic E-state index is -0.593. The maximum absolute atomic E-state index is 6.59. The van der Waals surface area contributed by atoms with Gasteiger partial charge in [0, 0.05) is 11.9 Å². The number of nitrogens with two attached hydrogens (primary N) is 2. The van der Waals surface area contributed by atoms with Crippen molar-refractivity contribution in [3.63, 3.8) is 0 Å². The molecule has 5 heteroatoms. The maximum atomic E-state index is 6.59. The van der Waals surface area contributed by atoms with Crippen LogP contribution < -0.4 is 11.5 Å². The van der Waals surface area contributed by atoms with Gasteiger partial charge in [-0.1, -0.05) is 26.7 Å². The molecular weight excluding hydrogens is 239 g/mol. The first-order valence-electron chi connectivity index (χ1n) is 7.79. The summed E-state index contributed by atoms with van der Waals surface area (Å²) >= 11 is 0. The third kappa shape index (κ3) is 1.68. The van der Waals surface area contributed by atoms with E-state index >= 15 is 0 Å². The van der Waals surface area contributed by atoms with Gasteiger partial charge in [0.15, 0.2) is 0 Å². The third-order valence-corrected chi connectivity index (χ3v) is 6.29. The van der Waals surface area contributed by atoms with E-state index in [0.29, 0.717) is 11.3 Å². The summed E-state index contributed by atoms with van der Waals surface area (Å²) in [7, 11) is -0.286. The van der Waals surface area contributed by atoms with Crippen molar-refractivity contribution < 1.29 is 9.31 Å². The normalized spacial score (nSPS) is 48.6. The SMILES string of the molecule is CC1(C)[C@@H]2C[C@H]3OB([C@@H](N)CC4CC4)O[C@@]3(N)[C@H]1C2. The summed E-state index contributed by atoms with van der Waals surface area (Å²) in [6, 6.07) is 0. The molecule has 5 rings (SSSR count). The molecular formula is C14H25BN2O2. The summed E-state index contributed by atoms with van der Waals surface area (Å²) in [6.45, 7) is 4.63. The highest BCUT2D eigenvalue weighted by Crippen LogP contribution is 2.64. The van der Waals surface area contributed by atoms with Crippen LogP contribution in [0.15, 0.2) is 0 Å². The van der Waals surface area contributed by atoms with Gasteiger partial charge < -0.3 is 20.8 Å². The highest BCUT2D eigenvalue weighted by molar-refractivity contribution is 6.47. The van der Waals surface area contributed by atoms with Crippen LogP contribution in [0.1, 0.15) is 46.0 Å². The quantitative estimate of drug-likeness (QED) is 0.753. The van der Waals surface area contributed by atoms with Gasteiger partial charge in [0.05, 0.1) is 6.10 Å². The summed E-state index contributed by atoms with van der Waals surface area (Å²) < 4.78 is 12.2. The van der Waals surface area contributed by atoms with Gasteiger partial charge in [-0.25, -0.2) is 0 Å². The molecule has 0 amide bonds. The Balaban J connectivity index is 1.50. The van der Waals surface area contributed by atoms with Crippen molar-refractivity contribution >= 4 is 7.12 Å². The third-order valence-electron chi connectivity index (χ3n) is 6.29. The van der Waals surface area contributed by atoms with E-state index in [1.165, 1.54) is 19.3 Å². The van der Waals surface area contributed by atoms with Crippen molar-refractivity contribution in [2.24, 2.45) is 34.6 Å². The van der Waals surface area contributed by atoms with Gasteiger partial charge in [0.2, 0.25) is 0 Å². The van der Waals surface area contributed by atoms with Gasteiger partial charge in [0.25, 0.3) is 0 Å². The standard InChI is InChI=1S/C14H25BN2O2/c1-13(2)9-6-10(13)14(17)11(7-9)18-15(19-14)12(16)5-8-3-4-8/h8-12H,3-7,16-17H2,1-2H3/t9-,10-,11+,12-,14-/m0/s1. The van der Waals surface area contributed by atoms with Crippen LogP contribution >= 0.6 is 0 Å². The molecule has 1 aliphatic heterocycles. The number of hydrogen-bond donors (Lipinski definition) is 2. The average molecular weight is 264 g/mol. The van der Waals surface area contributed by atoms with Crippen LogP contribution in [0.5, 0.6) is 0 Å². The van der Waals surface area contributed by atoms with Crippen molar-refractivity contribution in [1.82, 2.24) is 0 Å². The fourth-order valence-electron chi connectivity index (χ4n) is 4.60. The van der Waals surface area contributed by atoms with Gasteiger partial charge in [0.1, 0.15) is 5.72 Å². The second-order valence-electron chi connectivity index (χ2n) is 7.85. The number of hydrogen-bond acceptors (Lipinski definition) is 4. The van der Waals surface area contributed by atoms with Crippen LogP contribution in [0.4, 0.5) is 0 Å². The predicted molar refractivity (Wildman–Crippen MR) is 73.9 cm³/mol. The van der Waals surface area contributed by atoms with Crippen molar-refractivity contribution in [2.75, 3.05) is 0 Å². The molecule has 0 aromatic carbocycles. The lowest BCUT2D eigenvalue weighted by molar-refractivity contribution is -0.205.